The Morgan fingerprint density at radius 2 is 1.72 bits per heavy atom. The molecule has 4 heterocycles. The number of anilines is 2. The van der Waals surface area contributed by atoms with Crippen LogP contribution in [0.2, 0.25) is 0 Å². The number of rotatable bonds is 10. The summed E-state index contributed by atoms with van der Waals surface area (Å²) in [6.45, 7) is 1.25. The lowest BCUT2D eigenvalue weighted by atomic mass is 10.1. The second kappa shape index (κ2) is 12.4. The first kappa shape index (κ1) is 29.1. The fourth-order valence-electron chi connectivity index (χ4n) is 5.69. The van der Waals surface area contributed by atoms with Gasteiger partial charge in [0.05, 0.1) is 13.7 Å². The van der Waals surface area contributed by atoms with Crippen molar-refractivity contribution < 1.29 is 24.2 Å². The largest absolute Gasteiger partial charge is 0.497 e. The molecule has 1 aliphatic heterocycles. The van der Waals surface area contributed by atoms with Crippen molar-refractivity contribution in [3.05, 3.63) is 95.8 Å². The first-order valence-corrected chi connectivity index (χ1v) is 15.2. The van der Waals surface area contributed by atoms with Crippen molar-refractivity contribution in [2.75, 3.05) is 30.8 Å². The van der Waals surface area contributed by atoms with Crippen molar-refractivity contribution in [2.45, 2.75) is 37.8 Å². The van der Waals surface area contributed by atoms with E-state index in [-0.39, 0.29) is 11.9 Å². The summed E-state index contributed by atoms with van der Waals surface area (Å²) in [4.78, 5) is 34.8. The summed E-state index contributed by atoms with van der Waals surface area (Å²) in [6, 6.07) is 20.2. The Morgan fingerprint density at radius 1 is 0.957 bits per heavy atom. The molecule has 7 rings (SSSR count). The van der Waals surface area contributed by atoms with Gasteiger partial charge in [-0.1, -0.05) is 12.1 Å². The number of likely N-dealkylation sites (tertiary alicyclic amines) is 1. The maximum absolute atomic E-state index is 13.0. The Balaban J connectivity index is 1.13. The molecule has 1 unspecified atom stereocenters. The molecule has 2 aliphatic rings. The van der Waals surface area contributed by atoms with E-state index < -0.39 is 6.09 Å². The van der Waals surface area contributed by atoms with E-state index >= 15 is 0 Å². The zero-order valence-electron chi connectivity index (χ0n) is 25.2. The fraction of sp³-hybridized carbons (Fsp3) is 0.265. The molecule has 0 bridgehead atoms. The van der Waals surface area contributed by atoms with Gasteiger partial charge in [0.1, 0.15) is 28.5 Å². The molecule has 12 heteroatoms. The Labute approximate surface area is 265 Å². The van der Waals surface area contributed by atoms with Gasteiger partial charge in [0.15, 0.2) is 11.5 Å². The minimum absolute atomic E-state index is 0.117. The third-order valence-electron chi connectivity index (χ3n) is 8.30. The number of fused-ring (bicyclic) bond motifs is 1. The van der Waals surface area contributed by atoms with E-state index in [1.165, 1.54) is 23.3 Å². The Hall–Kier alpha value is -5.65. The van der Waals surface area contributed by atoms with E-state index in [4.69, 9.17) is 14.6 Å². The van der Waals surface area contributed by atoms with Gasteiger partial charge in [0, 0.05) is 43.2 Å². The number of hydrogen-bond acceptors (Lipinski definition) is 8. The van der Waals surface area contributed by atoms with Gasteiger partial charge in [-0.25, -0.2) is 19.4 Å². The molecule has 2 fully saturated rings. The van der Waals surface area contributed by atoms with E-state index in [0.717, 1.165) is 11.3 Å². The molecule has 0 spiro atoms. The van der Waals surface area contributed by atoms with Crippen LogP contribution in [0.5, 0.6) is 17.2 Å². The SMILES string of the molecule is COc1ccc(Cn2nc(NC3CCN(C(=O)O)C3)c3c(Oc4ccc(C(=O)Nc5cc(C6CC6)ccn5)cc4)ccnc32)cc1. The summed E-state index contributed by atoms with van der Waals surface area (Å²) in [5.41, 5.74) is 3.29. The van der Waals surface area contributed by atoms with Crippen LogP contribution in [0.4, 0.5) is 16.4 Å². The van der Waals surface area contributed by atoms with Gasteiger partial charge in [-0.15, -0.1) is 0 Å². The zero-order valence-corrected chi connectivity index (χ0v) is 25.2. The first-order chi connectivity index (χ1) is 22.4. The van der Waals surface area contributed by atoms with Crippen molar-refractivity contribution in [1.29, 1.82) is 0 Å². The van der Waals surface area contributed by atoms with E-state index in [9.17, 15) is 14.7 Å². The third kappa shape index (κ3) is 6.27. The molecule has 1 saturated carbocycles. The topological polar surface area (TPSA) is 144 Å². The van der Waals surface area contributed by atoms with Crippen LogP contribution in [0, 0.1) is 0 Å². The van der Waals surface area contributed by atoms with Gasteiger partial charge in [-0.3, -0.25) is 4.79 Å². The predicted octanol–water partition coefficient (Wildman–Crippen LogP) is 5.97. The lowest BCUT2D eigenvalue weighted by molar-refractivity contribution is 0.102. The molecule has 234 valence electrons. The van der Waals surface area contributed by atoms with Crippen LogP contribution in [-0.4, -0.2) is 68.0 Å². The number of aromatic nitrogens is 4. The van der Waals surface area contributed by atoms with Crippen LogP contribution in [-0.2, 0) is 6.54 Å². The van der Waals surface area contributed by atoms with E-state index in [2.05, 4.69) is 20.6 Å². The minimum Gasteiger partial charge on any atom is -0.497 e. The monoisotopic (exact) mass is 619 g/mol. The standard InChI is InChI=1S/C34H33N7O5/c1-45-26-8-2-21(3-9-26)19-41-32-30(31(39-41)37-25-14-17-40(20-25)34(43)44)28(13-16-36-32)46-27-10-6-23(7-11-27)33(42)38-29-18-24(12-15-35-29)22-4-5-22/h2-3,6-13,15-16,18,22,25H,4-5,14,17,19-20H2,1H3,(H,37,39)(H,43,44)(H,35,38,42). The Morgan fingerprint density at radius 3 is 2.43 bits per heavy atom. The maximum atomic E-state index is 13.0. The third-order valence-corrected chi connectivity index (χ3v) is 8.30. The summed E-state index contributed by atoms with van der Waals surface area (Å²) in [7, 11) is 1.63. The molecule has 12 nitrogen and oxygen atoms in total. The highest BCUT2D eigenvalue weighted by Gasteiger charge is 2.28. The Bertz CT molecular complexity index is 1890. The van der Waals surface area contributed by atoms with Crippen molar-refractivity contribution in [1.82, 2.24) is 24.6 Å². The maximum Gasteiger partial charge on any atom is 0.407 e. The van der Waals surface area contributed by atoms with Crippen LogP contribution in [0.3, 0.4) is 0 Å². The number of ether oxygens (including phenoxy) is 2. The van der Waals surface area contributed by atoms with Crippen LogP contribution < -0.4 is 20.1 Å². The summed E-state index contributed by atoms with van der Waals surface area (Å²) >= 11 is 0. The van der Waals surface area contributed by atoms with E-state index in [1.54, 1.807) is 54.5 Å². The smallest absolute Gasteiger partial charge is 0.407 e. The normalized spacial score (nSPS) is 15.9. The number of carbonyl (C=O) groups excluding carboxylic acids is 1. The molecular weight excluding hydrogens is 586 g/mol. The molecule has 2 aromatic carbocycles. The average Bonchev–Trinajstić information content (AvgIpc) is 3.72. The number of carboxylic acid groups (broad SMARTS) is 1. The van der Waals surface area contributed by atoms with Gasteiger partial charge in [-0.2, -0.15) is 5.10 Å². The zero-order chi connectivity index (χ0) is 31.6. The second-order valence-corrected chi connectivity index (χ2v) is 11.5. The second-order valence-electron chi connectivity index (χ2n) is 11.5. The van der Waals surface area contributed by atoms with Gasteiger partial charge in [0.2, 0.25) is 0 Å². The van der Waals surface area contributed by atoms with Crippen LogP contribution in [0.25, 0.3) is 11.0 Å². The summed E-state index contributed by atoms with van der Waals surface area (Å²) in [5, 5.41) is 21.3. The van der Waals surface area contributed by atoms with Gasteiger partial charge < -0.3 is 30.1 Å². The van der Waals surface area contributed by atoms with Crippen LogP contribution >= 0.6 is 0 Å². The number of amides is 2. The lowest BCUT2D eigenvalue weighted by Gasteiger charge is -2.14. The number of pyridine rings is 2. The highest BCUT2D eigenvalue weighted by atomic mass is 16.5. The number of nitrogens with zero attached hydrogens (tertiary/aromatic N) is 5. The van der Waals surface area contributed by atoms with Crippen molar-refractivity contribution in [2.24, 2.45) is 0 Å². The number of methoxy groups -OCH3 is 1. The van der Waals surface area contributed by atoms with Crippen LogP contribution in [0.1, 0.15) is 46.7 Å². The predicted molar refractivity (Wildman–Crippen MR) is 172 cm³/mol. The molecular formula is C34H33N7O5. The number of benzene rings is 2. The highest BCUT2D eigenvalue weighted by Crippen LogP contribution is 2.40. The van der Waals surface area contributed by atoms with E-state index in [0.29, 0.717) is 71.7 Å². The lowest BCUT2D eigenvalue weighted by Crippen LogP contribution is -2.30. The van der Waals surface area contributed by atoms with Crippen LogP contribution in [0.15, 0.2) is 79.1 Å². The van der Waals surface area contributed by atoms with Gasteiger partial charge in [-0.05, 0) is 84.8 Å². The number of carbonyl (C=O) groups is 2. The molecule has 2 amide bonds. The number of hydrogen-bond donors (Lipinski definition) is 3. The summed E-state index contributed by atoms with van der Waals surface area (Å²) < 4.78 is 13.5. The summed E-state index contributed by atoms with van der Waals surface area (Å²) in [6.07, 6.45) is 5.46. The molecule has 0 radical (unpaired) electrons. The van der Waals surface area contributed by atoms with Crippen molar-refractivity contribution in [3.63, 3.8) is 0 Å². The molecule has 46 heavy (non-hydrogen) atoms. The first-order valence-electron chi connectivity index (χ1n) is 15.2. The number of nitrogens with one attached hydrogen (secondary N) is 2. The minimum atomic E-state index is -0.940. The van der Waals surface area contributed by atoms with Gasteiger partial charge in [0.25, 0.3) is 5.91 Å². The Kier molecular flexibility index (Phi) is 7.83. The molecule has 1 aliphatic carbocycles. The fourth-order valence-corrected chi connectivity index (χ4v) is 5.69. The average molecular weight is 620 g/mol. The molecule has 3 aromatic heterocycles. The molecule has 1 atom stereocenters. The quantitative estimate of drug-likeness (QED) is 0.172. The van der Waals surface area contributed by atoms with Crippen molar-refractivity contribution in [3.8, 4) is 17.2 Å². The molecule has 3 N–H and O–H groups in total. The van der Waals surface area contributed by atoms with Crippen molar-refractivity contribution >= 4 is 34.7 Å². The highest BCUT2D eigenvalue weighted by molar-refractivity contribution is 6.03. The summed E-state index contributed by atoms with van der Waals surface area (Å²) in [5.74, 6) is 3.23. The van der Waals surface area contributed by atoms with Gasteiger partial charge >= 0.3 is 6.09 Å². The molecule has 1 saturated heterocycles. The molecule has 5 aromatic rings. The van der Waals surface area contributed by atoms with E-state index in [1.807, 2.05) is 36.4 Å².